The van der Waals surface area contributed by atoms with Crippen molar-refractivity contribution in [3.63, 3.8) is 0 Å². The van der Waals surface area contributed by atoms with Gasteiger partial charge in [0.15, 0.2) is 0 Å². The molecule has 0 saturated heterocycles. The van der Waals surface area contributed by atoms with Crippen molar-refractivity contribution in [2.45, 2.75) is 40.0 Å². The van der Waals surface area contributed by atoms with Gasteiger partial charge in [-0.15, -0.1) is 0 Å². The molecule has 0 aliphatic rings. The highest BCUT2D eigenvalue weighted by molar-refractivity contribution is 5.84. The van der Waals surface area contributed by atoms with Crippen molar-refractivity contribution in [3.8, 4) is 0 Å². The Morgan fingerprint density at radius 1 is 1.26 bits per heavy atom. The largest absolute Gasteiger partial charge is 0.355 e. The van der Waals surface area contributed by atoms with Gasteiger partial charge in [-0.1, -0.05) is 13.8 Å². The van der Waals surface area contributed by atoms with Gasteiger partial charge in [-0.05, 0) is 38.1 Å². The van der Waals surface area contributed by atoms with Gasteiger partial charge in [0.2, 0.25) is 11.8 Å². The maximum absolute atomic E-state index is 11.9. The molecule has 0 fully saturated rings. The Kier molecular flexibility index (Phi) is 9.21. The highest BCUT2D eigenvalue weighted by Gasteiger charge is 2.17. The lowest BCUT2D eigenvalue weighted by molar-refractivity contribution is -0.135. The van der Waals surface area contributed by atoms with E-state index in [4.69, 9.17) is 5.73 Å². The van der Waals surface area contributed by atoms with Gasteiger partial charge in [0.25, 0.3) is 0 Å². The Bertz CT molecular complexity index is 280. The van der Waals surface area contributed by atoms with Crippen molar-refractivity contribution in [2.24, 2.45) is 17.6 Å². The fraction of sp³-hybridized carbons (Fsp3) is 0.857. The molecule has 0 aromatic rings. The van der Waals surface area contributed by atoms with Crippen LogP contribution in [0.25, 0.3) is 0 Å². The number of hydrogen-bond donors (Lipinski definition) is 2. The van der Waals surface area contributed by atoms with E-state index < -0.39 is 0 Å². The Labute approximate surface area is 116 Å². The lowest BCUT2D eigenvalue weighted by Crippen LogP contribution is -2.38. The van der Waals surface area contributed by atoms with Crippen LogP contribution in [0.4, 0.5) is 0 Å². The molecule has 2 amide bonds. The molecule has 0 aliphatic carbocycles. The Hall–Kier alpha value is -1.10. The minimum Gasteiger partial charge on any atom is -0.355 e. The molecule has 0 radical (unpaired) electrons. The van der Waals surface area contributed by atoms with Crippen LogP contribution in [-0.4, -0.2) is 43.4 Å². The number of nitrogens with zero attached hydrogens (tertiary/aromatic N) is 1. The molecule has 112 valence electrons. The molecular weight excluding hydrogens is 242 g/mol. The van der Waals surface area contributed by atoms with Crippen LogP contribution < -0.4 is 11.1 Å². The van der Waals surface area contributed by atoms with Crippen molar-refractivity contribution in [1.29, 1.82) is 0 Å². The summed E-state index contributed by atoms with van der Waals surface area (Å²) in [4.78, 5) is 24.8. The first-order valence-corrected chi connectivity index (χ1v) is 7.13. The smallest absolute Gasteiger partial charge is 0.239 e. The molecule has 0 aliphatic heterocycles. The van der Waals surface area contributed by atoms with E-state index in [2.05, 4.69) is 19.2 Å². The van der Waals surface area contributed by atoms with E-state index in [0.29, 0.717) is 31.3 Å². The van der Waals surface area contributed by atoms with Gasteiger partial charge in [0.1, 0.15) is 0 Å². The second kappa shape index (κ2) is 9.78. The van der Waals surface area contributed by atoms with Crippen LogP contribution in [0.1, 0.15) is 40.0 Å². The van der Waals surface area contributed by atoms with Crippen molar-refractivity contribution in [3.05, 3.63) is 0 Å². The fourth-order valence-corrected chi connectivity index (χ4v) is 2.08. The van der Waals surface area contributed by atoms with E-state index in [-0.39, 0.29) is 18.4 Å². The predicted molar refractivity (Wildman–Crippen MR) is 77.6 cm³/mol. The number of nitrogens with two attached hydrogens (primary N) is 1. The second-order valence-electron chi connectivity index (χ2n) is 5.32. The average Bonchev–Trinajstić information content (AvgIpc) is 2.33. The van der Waals surface area contributed by atoms with E-state index in [9.17, 15) is 9.59 Å². The summed E-state index contributed by atoms with van der Waals surface area (Å²) in [5, 5.41) is 2.69. The molecule has 1 unspecified atom stereocenters. The van der Waals surface area contributed by atoms with Crippen molar-refractivity contribution in [1.82, 2.24) is 10.2 Å². The number of likely N-dealkylation sites (N-methyl/N-ethyl adjacent to an activating group) is 2. The van der Waals surface area contributed by atoms with Gasteiger partial charge >= 0.3 is 0 Å². The lowest BCUT2D eigenvalue weighted by Gasteiger charge is -2.22. The summed E-state index contributed by atoms with van der Waals surface area (Å²) < 4.78 is 0. The number of carbonyl (C=O) groups is 2. The normalized spacial score (nSPS) is 12.3. The number of rotatable bonds is 9. The van der Waals surface area contributed by atoms with Crippen molar-refractivity contribution in [2.75, 3.05) is 26.7 Å². The third-order valence-electron chi connectivity index (χ3n) is 3.39. The minimum atomic E-state index is -0.110. The van der Waals surface area contributed by atoms with E-state index in [1.807, 2.05) is 6.92 Å². The number of hydrogen-bond acceptors (Lipinski definition) is 3. The van der Waals surface area contributed by atoms with Crippen LogP contribution in [0, 0.1) is 11.8 Å². The second-order valence-corrected chi connectivity index (χ2v) is 5.32. The summed E-state index contributed by atoms with van der Waals surface area (Å²) in [5.41, 5.74) is 5.58. The SMILES string of the molecule is CCNC(=O)CN(C)C(=O)CCC(CCN)C(C)C. The summed E-state index contributed by atoms with van der Waals surface area (Å²) >= 11 is 0. The van der Waals surface area contributed by atoms with Gasteiger partial charge in [0, 0.05) is 20.0 Å². The molecule has 0 bridgehead atoms. The van der Waals surface area contributed by atoms with Crippen LogP contribution in [-0.2, 0) is 9.59 Å². The summed E-state index contributed by atoms with van der Waals surface area (Å²) in [6, 6.07) is 0. The van der Waals surface area contributed by atoms with Crippen LogP contribution >= 0.6 is 0 Å². The third kappa shape index (κ3) is 7.82. The molecule has 1 atom stereocenters. The fourth-order valence-electron chi connectivity index (χ4n) is 2.08. The molecule has 0 heterocycles. The van der Waals surface area contributed by atoms with E-state index in [1.54, 1.807) is 7.05 Å². The third-order valence-corrected chi connectivity index (χ3v) is 3.39. The van der Waals surface area contributed by atoms with Crippen LogP contribution in [0.15, 0.2) is 0 Å². The summed E-state index contributed by atoms with van der Waals surface area (Å²) in [5.74, 6) is 0.923. The molecular formula is C14H29N3O2. The lowest BCUT2D eigenvalue weighted by atomic mass is 9.88. The van der Waals surface area contributed by atoms with E-state index in [0.717, 1.165) is 12.8 Å². The first-order chi connectivity index (χ1) is 8.92. The predicted octanol–water partition coefficient (Wildman–Crippen LogP) is 0.982. The number of amides is 2. The quantitative estimate of drug-likeness (QED) is 0.656. The zero-order valence-corrected chi connectivity index (χ0v) is 12.7. The Morgan fingerprint density at radius 2 is 1.89 bits per heavy atom. The molecule has 0 rings (SSSR count). The summed E-state index contributed by atoms with van der Waals surface area (Å²) in [7, 11) is 1.67. The first kappa shape index (κ1) is 17.9. The molecule has 0 aromatic carbocycles. The van der Waals surface area contributed by atoms with Crippen molar-refractivity contribution >= 4 is 11.8 Å². The van der Waals surface area contributed by atoms with Gasteiger partial charge in [-0.3, -0.25) is 9.59 Å². The highest BCUT2D eigenvalue weighted by Crippen LogP contribution is 2.20. The van der Waals surface area contributed by atoms with Gasteiger partial charge in [-0.2, -0.15) is 0 Å². The molecule has 0 spiro atoms. The maximum atomic E-state index is 11.9. The minimum absolute atomic E-state index is 0.0222. The van der Waals surface area contributed by atoms with E-state index in [1.165, 1.54) is 4.90 Å². The molecule has 0 aromatic heterocycles. The highest BCUT2D eigenvalue weighted by atomic mass is 16.2. The first-order valence-electron chi connectivity index (χ1n) is 7.13. The van der Waals surface area contributed by atoms with Crippen LogP contribution in [0.3, 0.4) is 0 Å². The Balaban J connectivity index is 4.10. The molecule has 0 saturated carbocycles. The molecule has 5 heteroatoms. The summed E-state index contributed by atoms with van der Waals surface area (Å²) in [6.07, 6.45) is 2.27. The van der Waals surface area contributed by atoms with Gasteiger partial charge < -0.3 is 16.0 Å². The topological polar surface area (TPSA) is 75.4 Å². The molecule has 3 N–H and O–H groups in total. The monoisotopic (exact) mass is 271 g/mol. The zero-order chi connectivity index (χ0) is 14.8. The van der Waals surface area contributed by atoms with Crippen molar-refractivity contribution < 1.29 is 9.59 Å². The maximum Gasteiger partial charge on any atom is 0.239 e. The standard InChI is InChI=1S/C14H29N3O2/c1-5-16-13(18)10-17(4)14(19)7-6-12(8-9-15)11(2)3/h11-12H,5-10,15H2,1-4H3,(H,16,18). The summed E-state index contributed by atoms with van der Waals surface area (Å²) in [6.45, 7) is 7.56. The number of carbonyl (C=O) groups excluding carboxylic acids is 2. The zero-order valence-electron chi connectivity index (χ0n) is 12.7. The van der Waals surface area contributed by atoms with Gasteiger partial charge in [0.05, 0.1) is 6.54 Å². The van der Waals surface area contributed by atoms with E-state index >= 15 is 0 Å². The Morgan fingerprint density at radius 3 is 2.37 bits per heavy atom. The van der Waals surface area contributed by atoms with Crippen LogP contribution in [0.2, 0.25) is 0 Å². The van der Waals surface area contributed by atoms with Gasteiger partial charge in [-0.25, -0.2) is 0 Å². The van der Waals surface area contributed by atoms with Crippen LogP contribution in [0.5, 0.6) is 0 Å². The molecule has 5 nitrogen and oxygen atoms in total. The number of nitrogens with one attached hydrogen (secondary N) is 1. The average molecular weight is 271 g/mol. The molecule has 19 heavy (non-hydrogen) atoms.